The van der Waals surface area contributed by atoms with Gasteiger partial charge in [0.05, 0.1) is 18.8 Å². The number of anilines is 2. The van der Waals surface area contributed by atoms with Crippen LogP contribution in [0.2, 0.25) is 0 Å². The molecule has 1 amide bonds. The summed E-state index contributed by atoms with van der Waals surface area (Å²) in [5.74, 6) is 0.157. The monoisotopic (exact) mass is 444 g/mol. The topological polar surface area (TPSA) is 68.2 Å². The molecule has 168 valence electrons. The number of hydrogen-bond donors (Lipinski definition) is 2. The van der Waals surface area contributed by atoms with Crippen molar-refractivity contribution >= 4 is 17.4 Å². The van der Waals surface area contributed by atoms with Crippen LogP contribution in [0.3, 0.4) is 0 Å². The van der Waals surface area contributed by atoms with Gasteiger partial charge in [0.2, 0.25) is 0 Å². The van der Waals surface area contributed by atoms with Gasteiger partial charge >= 0.3 is 6.18 Å². The molecule has 2 aromatic carbocycles. The highest BCUT2D eigenvalue weighted by molar-refractivity contribution is 6.07. The average molecular weight is 444 g/mol. The Labute approximate surface area is 183 Å². The number of aromatic nitrogens is 2. The number of benzene rings is 2. The van der Waals surface area contributed by atoms with Gasteiger partial charge < -0.3 is 15.4 Å². The van der Waals surface area contributed by atoms with Crippen LogP contribution in [0.4, 0.5) is 24.7 Å². The molecule has 1 aliphatic heterocycles. The zero-order valence-corrected chi connectivity index (χ0v) is 17.6. The molecule has 32 heavy (non-hydrogen) atoms. The van der Waals surface area contributed by atoms with Crippen molar-refractivity contribution < 1.29 is 22.7 Å². The third-order valence-electron chi connectivity index (χ3n) is 5.39. The number of halogens is 3. The summed E-state index contributed by atoms with van der Waals surface area (Å²) >= 11 is 0. The van der Waals surface area contributed by atoms with Gasteiger partial charge in [0, 0.05) is 12.1 Å². The van der Waals surface area contributed by atoms with Crippen molar-refractivity contribution in [2.45, 2.75) is 38.5 Å². The zero-order chi connectivity index (χ0) is 22.9. The first-order chi connectivity index (χ1) is 15.3. The first-order valence-corrected chi connectivity index (χ1v) is 10.3. The lowest BCUT2D eigenvalue weighted by Crippen LogP contribution is -2.36. The van der Waals surface area contributed by atoms with E-state index in [1.165, 1.54) is 6.20 Å². The number of alkyl halides is 3. The van der Waals surface area contributed by atoms with Crippen LogP contribution in [0.5, 0.6) is 5.75 Å². The van der Waals surface area contributed by atoms with E-state index in [0.717, 1.165) is 15.8 Å². The summed E-state index contributed by atoms with van der Waals surface area (Å²) in [7, 11) is 0. The molecular formula is C23H23F3N4O2. The van der Waals surface area contributed by atoms with E-state index in [4.69, 9.17) is 4.74 Å². The van der Waals surface area contributed by atoms with Crippen LogP contribution in [-0.2, 0) is 0 Å². The lowest BCUT2D eigenvalue weighted by molar-refractivity contribution is -0.173. The lowest BCUT2D eigenvalue weighted by atomic mass is 9.96. The van der Waals surface area contributed by atoms with E-state index in [1.807, 2.05) is 26.0 Å². The lowest BCUT2D eigenvalue weighted by Gasteiger charge is -2.34. The third kappa shape index (κ3) is 4.42. The number of fused-ring (bicyclic) bond motifs is 1. The highest BCUT2D eigenvalue weighted by atomic mass is 19.4. The van der Waals surface area contributed by atoms with Crippen molar-refractivity contribution in [2.24, 2.45) is 0 Å². The summed E-state index contributed by atoms with van der Waals surface area (Å²) in [4.78, 5) is 12.9. The van der Waals surface area contributed by atoms with E-state index in [-0.39, 0.29) is 17.8 Å². The van der Waals surface area contributed by atoms with Gasteiger partial charge in [-0.05, 0) is 43.7 Å². The van der Waals surface area contributed by atoms with Crippen LogP contribution in [0, 0.1) is 6.92 Å². The number of ether oxygens (including phenoxy) is 1. The van der Waals surface area contributed by atoms with Crippen LogP contribution < -0.4 is 15.4 Å². The van der Waals surface area contributed by atoms with Gasteiger partial charge in [-0.2, -0.15) is 18.3 Å². The number of amides is 1. The number of carbonyl (C=O) groups excluding carboxylic acids is 1. The maximum Gasteiger partial charge on any atom is 0.410 e. The van der Waals surface area contributed by atoms with Crippen LogP contribution in [-0.4, -0.2) is 28.5 Å². The molecule has 0 fully saturated rings. The molecule has 0 aliphatic carbocycles. The Kier molecular flexibility index (Phi) is 5.82. The van der Waals surface area contributed by atoms with Crippen molar-refractivity contribution in [2.75, 3.05) is 17.2 Å². The smallest absolute Gasteiger partial charge is 0.410 e. The fraction of sp³-hybridized carbons (Fsp3) is 0.304. The number of carbonyl (C=O) groups is 1. The Bertz CT molecular complexity index is 1090. The molecule has 0 unspecified atom stereocenters. The molecule has 0 spiro atoms. The van der Waals surface area contributed by atoms with Gasteiger partial charge in [0.1, 0.15) is 17.1 Å². The van der Waals surface area contributed by atoms with Crippen molar-refractivity contribution in [3.8, 4) is 5.75 Å². The standard InChI is InChI=1S/C23H23F3N4O2/c1-3-32-17-10-8-16(9-11-17)28-22(31)18-13-27-30-20(23(24,25)26)12-19(29-21(18)30)15-6-4-14(2)5-7-15/h4-11,13,19-20,29H,3,12H2,1-2H3,(H,28,31)/t19-,20+/m1/s1. The van der Waals surface area contributed by atoms with E-state index in [2.05, 4.69) is 15.7 Å². The van der Waals surface area contributed by atoms with Crippen molar-refractivity contribution in [3.63, 3.8) is 0 Å². The van der Waals surface area contributed by atoms with Crippen LogP contribution in [0.25, 0.3) is 0 Å². The fourth-order valence-electron chi connectivity index (χ4n) is 3.75. The summed E-state index contributed by atoms with van der Waals surface area (Å²) in [5.41, 5.74) is 2.27. The van der Waals surface area contributed by atoms with Crippen molar-refractivity contribution in [3.05, 3.63) is 71.4 Å². The van der Waals surface area contributed by atoms with Crippen molar-refractivity contribution in [1.82, 2.24) is 9.78 Å². The Hall–Kier alpha value is -3.49. The quantitative estimate of drug-likeness (QED) is 0.545. The first kappa shape index (κ1) is 21.7. The third-order valence-corrected chi connectivity index (χ3v) is 5.39. The maximum atomic E-state index is 13.8. The van der Waals surface area contributed by atoms with Crippen molar-refractivity contribution in [1.29, 1.82) is 0 Å². The normalized spacial score (nSPS) is 17.9. The molecule has 2 heterocycles. The summed E-state index contributed by atoms with van der Waals surface area (Å²) in [6.07, 6.45) is -3.56. The molecule has 0 radical (unpaired) electrons. The predicted octanol–water partition coefficient (Wildman–Crippen LogP) is 5.50. The van der Waals surface area contributed by atoms with Crippen LogP contribution >= 0.6 is 0 Å². The van der Waals surface area contributed by atoms with Gasteiger partial charge in [-0.15, -0.1) is 0 Å². The summed E-state index contributed by atoms with van der Waals surface area (Å²) in [6.45, 7) is 4.29. The van der Waals surface area contributed by atoms with Crippen LogP contribution in [0.15, 0.2) is 54.7 Å². The summed E-state index contributed by atoms with van der Waals surface area (Å²) in [5, 5.41) is 9.71. The highest BCUT2D eigenvalue weighted by Crippen LogP contribution is 2.44. The molecule has 0 saturated carbocycles. The molecule has 0 bridgehead atoms. The maximum absolute atomic E-state index is 13.8. The Morgan fingerprint density at radius 2 is 1.88 bits per heavy atom. The molecule has 6 nitrogen and oxygen atoms in total. The second-order valence-corrected chi connectivity index (χ2v) is 7.66. The van der Waals surface area contributed by atoms with Gasteiger partial charge in [0.25, 0.3) is 5.91 Å². The molecule has 2 atom stereocenters. The van der Waals surface area contributed by atoms with E-state index < -0.39 is 24.2 Å². The molecule has 4 rings (SSSR count). The van der Waals surface area contributed by atoms with E-state index in [0.29, 0.717) is 18.0 Å². The number of aryl methyl sites for hydroxylation is 1. The Balaban J connectivity index is 1.62. The molecule has 3 aromatic rings. The zero-order valence-electron chi connectivity index (χ0n) is 17.6. The summed E-state index contributed by atoms with van der Waals surface area (Å²) in [6, 6.07) is 11.6. The molecule has 9 heteroatoms. The minimum atomic E-state index is -4.51. The molecule has 1 aliphatic rings. The van der Waals surface area contributed by atoms with E-state index in [9.17, 15) is 18.0 Å². The SMILES string of the molecule is CCOc1ccc(NC(=O)c2cnn3c2N[C@@H](c2ccc(C)cc2)C[C@H]3C(F)(F)F)cc1. The largest absolute Gasteiger partial charge is 0.494 e. The van der Waals surface area contributed by atoms with E-state index in [1.54, 1.807) is 36.4 Å². The minimum Gasteiger partial charge on any atom is -0.494 e. The minimum absolute atomic E-state index is 0.0462. The number of rotatable bonds is 5. The number of hydrogen-bond acceptors (Lipinski definition) is 4. The molecule has 1 aromatic heterocycles. The Morgan fingerprint density at radius 3 is 2.50 bits per heavy atom. The van der Waals surface area contributed by atoms with Gasteiger partial charge in [-0.3, -0.25) is 4.79 Å². The molecular weight excluding hydrogens is 421 g/mol. The van der Waals surface area contributed by atoms with Gasteiger partial charge in [-0.25, -0.2) is 4.68 Å². The number of nitrogens with one attached hydrogen (secondary N) is 2. The number of nitrogens with zero attached hydrogens (tertiary/aromatic N) is 2. The Morgan fingerprint density at radius 1 is 1.19 bits per heavy atom. The van der Waals surface area contributed by atoms with Crippen LogP contribution in [0.1, 0.15) is 46.9 Å². The average Bonchev–Trinajstić information content (AvgIpc) is 3.18. The second kappa shape index (κ2) is 8.57. The molecule has 0 saturated heterocycles. The fourth-order valence-corrected chi connectivity index (χ4v) is 3.75. The summed E-state index contributed by atoms with van der Waals surface area (Å²) < 4.78 is 47.7. The van der Waals surface area contributed by atoms with Gasteiger partial charge in [-0.1, -0.05) is 29.8 Å². The molecule has 2 N–H and O–H groups in total. The second-order valence-electron chi connectivity index (χ2n) is 7.66. The highest BCUT2D eigenvalue weighted by Gasteiger charge is 2.47. The van der Waals surface area contributed by atoms with E-state index >= 15 is 0 Å². The van der Waals surface area contributed by atoms with Gasteiger partial charge in [0.15, 0.2) is 6.04 Å². The predicted molar refractivity (Wildman–Crippen MR) is 115 cm³/mol. The first-order valence-electron chi connectivity index (χ1n) is 10.3.